The molecule has 1 fully saturated rings. The Morgan fingerprint density at radius 3 is 2.88 bits per heavy atom. The second-order valence-electron chi connectivity index (χ2n) is 9.23. The summed E-state index contributed by atoms with van der Waals surface area (Å²) in [7, 11) is 1.57. The highest BCUT2D eigenvalue weighted by Gasteiger charge is 2.31. The van der Waals surface area contributed by atoms with Crippen molar-refractivity contribution in [1.29, 1.82) is 0 Å². The first-order chi connectivity index (χ1) is 16.3. The first-order valence-corrected chi connectivity index (χ1v) is 11.1. The number of furan rings is 1. The SMILES string of the molecule is COc1nccc2oc(-c3cnc4ccc(OCC5CN(C(=O)C(C)(C)C)CCO5)nn34)cc12. The number of rotatable bonds is 5. The van der Waals surface area contributed by atoms with Crippen LogP contribution in [0.5, 0.6) is 11.8 Å². The fraction of sp³-hybridized carbons (Fsp3) is 0.417. The molecule has 0 bridgehead atoms. The standard InChI is InChI=1S/C24H27N5O5/c1-24(2,3)23(30)28-9-10-32-15(13-28)14-33-21-6-5-20-26-12-17(29(20)27-21)19-11-16-18(34-19)7-8-25-22(16)31-4/h5-8,11-12,15H,9-10,13-14H2,1-4H3. The summed E-state index contributed by atoms with van der Waals surface area (Å²) in [5.74, 6) is 1.61. The zero-order valence-corrected chi connectivity index (χ0v) is 19.6. The van der Waals surface area contributed by atoms with Crippen molar-refractivity contribution in [2.24, 2.45) is 5.41 Å². The molecule has 1 aliphatic rings. The van der Waals surface area contributed by atoms with Gasteiger partial charge in [0.1, 0.15) is 24.0 Å². The lowest BCUT2D eigenvalue weighted by Gasteiger charge is -2.36. The van der Waals surface area contributed by atoms with Crippen LogP contribution in [0.3, 0.4) is 0 Å². The Morgan fingerprint density at radius 2 is 2.09 bits per heavy atom. The molecule has 0 radical (unpaired) electrons. The molecule has 0 spiro atoms. The second-order valence-corrected chi connectivity index (χ2v) is 9.23. The van der Waals surface area contributed by atoms with E-state index >= 15 is 0 Å². The van der Waals surface area contributed by atoms with Gasteiger partial charge < -0.3 is 23.5 Å². The minimum Gasteiger partial charge on any atom is -0.480 e. The van der Waals surface area contributed by atoms with Crippen LogP contribution in [0.25, 0.3) is 28.1 Å². The number of methoxy groups -OCH3 is 1. The summed E-state index contributed by atoms with van der Waals surface area (Å²) in [6.45, 7) is 7.62. The number of ether oxygens (including phenoxy) is 3. The number of aromatic nitrogens is 4. The Morgan fingerprint density at radius 1 is 1.24 bits per heavy atom. The van der Waals surface area contributed by atoms with Crippen LogP contribution in [0.2, 0.25) is 0 Å². The number of pyridine rings is 1. The van der Waals surface area contributed by atoms with Gasteiger partial charge in [0.2, 0.25) is 17.7 Å². The third-order valence-corrected chi connectivity index (χ3v) is 5.68. The summed E-state index contributed by atoms with van der Waals surface area (Å²) >= 11 is 0. The summed E-state index contributed by atoms with van der Waals surface area (Å²) in [4.78, 5) is 23.1. The zero-order valence-electron chi connectivity index (χ0n) is 19.6. The van der Waals surface area contributed by atoms with Gasteiger partial charge >= 0.3 is 0 Å². The van der Waals surface area contributed by atoms with Crippen molar-refractivity contribution in [3.8, 4) is 23.2 Å². The summed E-state index contributed by atoms with van der Waals surface area (Å²) < 4.78 is 24.8. The minimum absolute atomic E-state index is 0.112. The van der Waals surface area contributed by atoms with Gasteiger partial charge in [0.15, 0.2) is 11.4 Å². The maximum atomic E-state index is 12.6. The largest absolute Gasteiger partial charge is 0.480 e. The topological polar surface area (TPSA) is 104 Å². The highest BCUT2D eigenvalue weighted by molar-refractivity contribution is 5.86. The molecule has 1 aliphatic heterocycles. The van der Waals surface area contributed by atoms with Crippen LogP contribution in [-0.4, -0.2) is 69.9 Å². The van der Waals surface area contributed by atoms with Gasteiger partial charge in [-0.05, 0) is 12.1 Å². The van der Waals surface area contributed by atoms with Crippen molar-refractivity contribution < 1.29 is 23.4 Å². The molecule has 5 rings (SSSR count). The van der Waals surface area contributed by atoms with E-state index in [1.165, 1.54) is 0 Å². The molecule has 1 amide bonds. The summed E-state index contributed by atoms with van der Waals surface area (Å²) in [5.41, 5.74) is 1.57. The predicted octanol–water partition coefficient (Wildman–Crippen LogP) is 3.20. The van der Waals surface area contributed by atoms with Crippen LogP contribution in [0, 0.1) is 5.41 Å². The number of amides is 1. The van der Waals surface area contributed by atoms with Gasteiger partial charge in [0.05, 0.1) is 31.8 Å². The molecule has 178 valence electrons. The van der Waals surface area contributed by atoms with Gasteiger partial charge in [0, 0.05) is 30.3 Å². The maximum Gasteiger partial charge on any atom is 0.231 e. The molecule has 1 atom stereocenters. The van der Waals surface area contributed by atoms with Gasteiger partial charge in [-0.25, -0.2) is 14.5 Å². The molecule has 4 aromatic heterocycles. The smallest absolute Gasteiger partial charge is 0.231 e. The van der Waals surface area contributed by atoms with E-state index in [1.807, 2.05) is 37.8 Å². The van der Waals surface area contributed by atoms with Crippen molar-refractivity contribution >= 4 is 22.5 Å². The number of carbonyl (C=O) groups excluding carboxylic acids is 1. The molecule has 0 aliphatic carbocycles. The fourth-order valence-corrected chi connectivity index (χ4v) is 3.99. The van der Waals surface area contributed by atoms with Crippen LogP contribution in [-0.2, 0) is 9.53 Å². The number of hydrogen-bond acceptors (Lipinski definition) is 8. The van der Waals surface area contributed by atoms with E-state index in [4.69, 9.17) is 18.6 Å². The fourth-order valence-electron chi connectivity index (χ4n) is 3.99. The normalized spacial score (nSPS) is 16.8. The summed E-state index contributed by atoms with van der Waals surface area (Å²) in [6, 6.07) is 7.23. The van der Waals surface area contributed by atoms with E-state index in [-0.39, 0.29) is 18.6 Å². The number of fused-ring (bicyclic) bond motifs is 2. The van der Waals surface area contributed by atoms with E-state index in [0.29, 0.717) is 54.1 Å². The average Bonchev–Trinajstić information content (AvgIpc) is 3.45. The highest BCUT2D eigenvalue weighted by atomic mass is 16.5. The van der Waals surface area contributed by atoms with E-state index in [2.05, 4.69) is 15.1 Å². The molecule has 0 saturated carbocycles. The van der Waals surface area contributed by atoms with E-state index in [9.17, 15) is 4.79 Å². The van der Waals surface area contributed by atoms with Gasteiger partial charge in [-0.1, -0.05) is 20.8 Å². The first kappa shape index (κ1) is 22.1. The van der Waals surface area contributed by atoms with E-state index in [1.54, 1.807) is 36.2 Å². The van der Waals surface area contributed by atoms with Crippen LogP contribution >= 0.6 is 0 Å². The number of nitrogens with zero attached hydrogens (tertiary/aromatic N) is 5. The quantitative estimate of drug-likeness (QED) is 0.443. The summed E-state index contributed by atoms with van der Waals surface area (Å²) in [5, 5.41) is 5.36. The monoisotopic (exact) mass is 465 g/mol. The van der Waals surface area contributed by atoms with Gasteiger partial charge in [-0.2, -0.15) is 0 Å². The van der Waals surface area contributed by atoms with Crippen LogP contribution in [0.4, 0.5) is 0 Å². The molecule has 0 N–H and O–H groups in total. The van der Waals surface area contributed by atoms with Gasteiger partial charge in [-0.15, -0.1) is 5.10 Å². The Balaban J connectivity index is 1.34. The van der Waals surface area contributed by atoms with Crippen molar-refractivity contribution in [1.82, 2.24) is 24.5 Å². The first-order valence-electron chi connectivity index (χ1n) is 11.1. The molecule has 4 aromatic rings. The molecule has 1 saturated heterocycles. The third-order valence-electron chi connectivity index (χ3n) is 5.68. The van der Waals surface area contributed by atoms with Crippen molar-refractivity contribution in [3.05, 3.63) is 36.7 Å². The Labute approximate surface area is 196 Å². The summed E-state index contributed by atoms with van der Waals surface area (Å²) in [6.07, 6.45) is 3.11. The number of morpholine rings is 1. The van der Waals surface area contributed by atoms with Crippen LogP contribution < -0.4 is 9.47 Å². The average molecular weight is 466 g/mol. The highest BCUT2D eigenvalue weighted by Crippen LogP contribution is 2.32. The lowest BCUT2D eigenvalue weighted by Crippen LogP contribution is -2.50. The molecule has 5 heterocycles. The lowest BCUT2D eigenvalue weighted by atomic mass is 9.94. The van der Waals surface area contributed by atoms with Crippen molar-refractivity contribution in [2.75, 3.05) is 33.4 Å². The molecule has 1 unspecified atom stereocenters. The Bertz CT molecular complexity index is 1340. The van der Waals surface area contributed by atoms with Gasteiger partial charge in [0.25, 0.3) is 0 Å². The molecular weight excluding hydrogens is 438 g/mol. The molecule has 0 aromatic carbocycles. The predicted molar refractivity (Wildman–Crippen MR) is 124 cm³/mol. The number of hydrogen-bond donors (Lipinski definition) is 0. The zero-order chi connectivity index (χ0) is 23.9. The molecular formula is C24H27N5O5. The van der Waals surface area contributed by atoms with Crippen molar-refractivity contribution in [3.63, 3.8) is 0 Å². The Hall–Kier alpha value is -3.66. The number of carbonyl (C=O) groups is 1. The van der Waals surface area contributed by atoms with Crippen LogP contribution in [0.15, 0.2) is 41.1 Å². The van der Waals surface area contributed by atoms with E-state index in [0.717, 1.165) is 5.39 Å². The Kier molecular flexibility index (Phi) is 5.60. The van der Waals surface area contributed by atoms with Crippen LogP contribution in [0.1, 0.15) is 20.8 Å². The van der Waals surface area contributed by atoms with E-state index < -0.39 is 5.41 Å². The lowest BCUT2D eigenvalue weighted by molar-refractivity contribution is -0.148. The molecule has 34 heavy (non-hydrogen) atoms. The van der Waals surface area contributed by atoms with Gasteiger partial charge in [-0.3, -0.25) is 4.79 Å². The minimum atomic E-state index is -0.427. The molecule has 10 heteroatoms. The third kappa shape index (κ3) is 4.16. The van der Waals surface area contributed by atoms with Crippen molar-refractivity contribution in [2.45, 2.75) is 26.9 Å². The second kappa shape index (κ2) is 8.60. The molecule has 10 nitrogen and oxygen atoms in total. The number of imidazole rings is 1. The maximum absolute atomic E-state index is 12.6.